The molecule has 1 fully saturated rings. The molecule has 78 valence electrons. The van der Waals surface area contributed by atoms with Crippen molar-refractivity contribution in [1.29, 1.82) is 0 Å². The van der Waals surface area contributed by atoms with Crippen molar-refractivity contribution in [2.24, 2.45) is 0 Å². The zero-order valence-corrected chi connectivity index (χ0v) is 9.60. The molecule has 0 aliphatic carbocycles. The summed E-state index contributed by atoms with van der Waals surface area (Å²) in [6, 6.07) is 1.09. The molecule has 2 N–H and O–H groups in total. The molecule has 13 heavy (non-hydrogen) atoms. The van der Waals surface area contributed by atoms with Gasteiger partial charge in [-0.1, -0.05) is 6.92 Å². The standard InChI is InChI=1S/C10H21NOS/c1-7(6-8(2)12)11-10-4-5-13-9(10)3/h7-12H,4-6H2,1-3H3. The first kappa shape index (κ1) is 11.3. The number of hydrogen-bond acceptors (Lipinski definition) is 3. The molecule has 0 amide bonds. The van der Waals surface area contributed by atoms with Gasteiger partial charge in [0.25, 0.3) is 0 Å². The van der Waals surface area contributed by atoms with E-state index in [1.165, 1.54) is 12.2 Å². The average Bonchev–Trinajstić information content (AvgIpc) is 2.34. The number of aliphatic hydroxyl groups excluding tert-OH is 1. The van der Waals surface area contributed by atoms with E-state index in [0.29, 0.717) is 12.1 Å². The van der Waals surface area contributed by atoms with Crippen LogP contribution in [0, 0.1) is 0 Å². The summed E-state index contributed by atoms with van der Waals surface area (Å²) in [6.45, 7) is 6.29. The number of aliphatic hydroxyl groups is 1. The summed E-state index contributed by atoms with van der Waals surface area (Å²) >= 11 is 2.04. The van der Waals surface area contributed by atoms with Gasteiger partial charge in [-0.25, -0.2) is 0 Å². The van der Waals surface area contributed by atoms with Crippen molar-refractivity contribution < 1.29 is 5.11 Å². The van der Waals surface area contributed by atoms with E-state index in [-0.39, 0.29) is 6.10 Å². The Hall–Kier alpha value is 0.270. The Morgan fingerprint density at radius 2 is 2.23 bits per heavy atom. The predicted molar refractivity (Wildman–Crippen MR) is 59.2 cm³/mol. The van der Waals surface area contributed by atoms with Crippen molar-refractivity contribution in [3.05, 3.63) is 0 Å². The van der Waals surface area contributed by atoms with Gasteiger partial charge in [-0.05, 0) is 32.4 Å². The molecule has 4 atom stereocenters. The fourth-order valence-corrected chi connectivity index (χ4v) is 3.10. The summed E-state index contributed by atoms with van der Waals surface area (Å²) in [5, 5.41) is 13.5. The third kappa shape index (κ3) is 3.88. The lowest BCUT2D eigenvalue weighted by Crippen LogP contribution is -2.40. The summed E-state index contributed by atoms with van der Waals surface area (Å²) in [5.74, 6) is 1.28. The van der Waals surface area contributed by atoms with Gasteiger partial charge in [0.2, 0.25) is 0 Å². The minimum absolute atomic E-state index is 0.188. The third-order valence-electron chi connectivity index (χ3n) is 2.57. The van der Waals surface area contributed by atoms with Gasteiger partial charge in [-0.3, -0.25) is 0 Å². The van der Waals surface area contributed by atoms with Crippen LogP contribution in [-0.4, -0.2) is 34.3 Å². The Balaban J connectivity index is 2.22. The zero-order valence-electron chi connectivity index (χ0n) is 8.79. The maximum atomic E-state index is 9.22. The van der Waals surface area contributed by atoms with Gasteiger partial charge in [0.1, 0.15) is 0 Å². The van der Waals surface area contributed by atoms with Crippen LogP contribution in [0.15, 0.2) is 0 Å². The van der Waals surface area contributed by atoms with Gasteiger partial charge in [-0.2, -0.15) is 11.8 Å². The quantitative estimate of drug-likeness (QED) is 0.728. The number of nitrogens with one attached hydrogen (secondary N) is 1. The van der Waals surface area contributed by atoms with Gasteiger partial charge >= 0.3 is 0 Å². The van der Waals surface area contributed by atoms with Crippen LogP contribution in [0.2, 0.25) is 0 Å². The van der Waals surface area contributed by atoms with Gasteiger partial charge < -0.3 is 10.4 Å². The van der Waals surface area contributed by atoms with E-state index >= 15 is 0 Å². The first-order chi connectivity index (χ1) is 6.09. The Morgan fingerprint density at radius 1 is 1.54 bits per heavy atom. The Bertz CT molecular complexity index is 152. The van der Waals surface area contributed by atoms with Crippen molar-refractivity contribution in [2.75, 3.05) is 5.75 Å². The van der Waals surface area contributed by atoms with Crippen molar-refractivity contribution in [1.82, 2.24) is 5.32 Å². The third-order valence-corrected chi connectivity index (χ3v) is 3.90. The second-order valence-electron chi connectivity index (χ2n) is 4.12. The normalized spacial score (nSPS) is 33.2. The first-order valence-electron chi connectivity index (χ1n) is 5.15. The van der Waals surface area contributed by atoms with E-state index in [1.54, 1.807) is 0 Å². The summed E-state index contributed by atoms with van der Waals surface area (Å²) in [7, 11) is 0. The summed E-state index contributed by atoms with van der Waals surface area (Å²) in [5.41, 5.74) is 0. The Labute approximate surface area is 85.5 Å². The lowest BCUT2D eigenvalue weighted by Gasteiger charge is -2.22. The molecule has 0 aromatic heterocycles. The number of rotatable bonds is 4. The number of hydrogen-bond donors (Lipinski definition) is 2. The highest BCUT2D eigenvalue weighted by Crippen LogP contribution is 2.26. The summed E-state index contributed by atoms with van der Waals surface area (Å²) in [4.78, 5) is 0. The molecular formula is C10H21NOS. The van der Waals surface area contributed by atoms with E-state index < -0.39 is 0 Å². The molecule has 0 aromatic rings. The van der Waals surface area contributed by atoms with Gasteiger partial charge in [0, 0.05) is 17.3 Å². The van der Waals surface area contributed by atoms with Crippen LogP contribution in [-0.2, 0) is 0 Å². The smallest absolute Gasteiger partial charge is 0.0526 e. The van der Waals surface area contributed by atoms with E-state index in [1.807, 2.05) is 18.7 Å². The van der Waals surface area contributed by atoms with Crippen LogP contribution in [0.25, 0.3) is 0 Å². The highest BCUT2D eigenvalue weighted by molar-refractivity contribution is 8.00. The molecular weight excluding hydrogens is 182 g/mol. The van der Waals surface area contributed by atoms with Crippen molar-refractivity contribution in [3.63, 3.8) is 0 Å². The minimum Gasteiger partial charge on any atom is -0.393 e. The minimum atomic E-state index is -0.188. The number of thioether (sulfide) groups is 1. The van der Waals surface area contributed by atoms with Crippen LogP contribution >= 0.6 is 11.8 Å². The van der Waals surface area contributed by atoms with Crippen molar-refractivity contribution in [3.8, 4) is 0 Å². The molecule has 0 aromatic carbocycles. The highest BCUT2D eigenvalue weighted by atomic mass is 32.2. The van der Waals surface area contributed by atoms with Crippen LogP contribution in [0.5, 0.6) is 0 Å². The molecule has 1 aliphatic heterocycles. The predicted octanol–water partition coefficient (Wildman–Crippen LogP) is 1.63. The van der Waals surface area contributed by atoms with Crippen LogP contribution in [0.1, 0.15) is 33.6 Å². The maximum absolute atomic E-state index is 9.22. The van der Waals surface area contributed by atoms with Gasteiger partial charge in [0.05, 0.1) is 6.10 Å². The summed E-state index contributed by atoms with van der Waals surface area (Å²) < 4.78 is 0. The van der Waals surface area contributed by atoms with Crippen molar-refractivity contribution >= 4 is 11.8 Å². The van der Waals surface area contributed by atoms with E-state index in [0.717, 1.165) is 11.7 Å². The second-order valence-corrected chi connectivity index (χ2v) is 5.61. The lowest BCUT2D eigenvalue weighted by molar-refractivity contribution is 0.168. The zero-order chi connectivity index (χ0) is 9.84. The fourth-order valence-electron chi connectivity index (χ4n) is 1.90. The molecule has 0 spiro atoms. The van der Waals surface area contributed by atoms with Gasteiger partial charge in [-0.15, -0.1) is 0 Å². The van der Waals surface area contributed by atoms with Crippen molar-refractivity contribution in [2.45, 2.75) is 57.1 Å². The molecule has 1 heterocycles. The molecule has 2 nitrogen and oxygen atoms in total. The monoisotopic (exact) mass is 203 g/mol. The molecule has 0 bridgehead atoms. The van der Waals surface area contributed by atoms with Crippen LogP contribution in [0.3, 0.4) is 0 Å². The molecule has 4 unspecified atom stereocenters. The van der Waals surface area contributed by atoms with E-state index in [9.17, 15) is 5.11 Å². The second kappa shape index (κ2) is 5.23. The lowest BCUT2D eigenvalue weighted by atomic mass is 10.1. The average molecular weight is 203 g/mol. The molecule has 0 radical (unpaired) electrons. The van der Waals surface area contributed by atoms with Gasteiger partial charge in [0.15, 0.2) is 0 Å². The van der Waals surface area contributed by atoms with E-state index in [2.05, 4.69) is 19.2 Å². The molecule has 3 heteroatoms. The molecule has 0 saturated carbocycles. The SMILES string of the molecule is CC(O)CC(C)NC1CCSC1C. The summed E-state index contributed by atoms with van der Waals surface area (Å²) in [6.07, 6.45) is 1.94. The Morgan fingerprint density at radius 3 is 2.69 bits per heavy atom. The largest absolute Gasteiger partial charge is 0.393 e. The fraction of sp³-hybridized carbons (Fsp3) is 1.00. The maximum Gasteiger partial charge on any atom is 0.0526 e. The first-order valence-corrected chi connectivity index (χ1v) is 6.20. The van der Waals surface area contributed by atoms with E-state index in [4.69, 9.17) is 0 Å². The Kier molecular flexibility index (Phi) is 4.56. The van der Waals surface area contributed by atoms with Crippen LogP contribution in [0.4, 0.5) is 0 Å². The van der Waals surface area contributed by atoms with Crippen LogP contribution < -0.4 is 5.32 Å². The molecule has 1 rings (SSSR count). The molecule has 1 aliphatic rings. The molecule has 1 saturated heterocycles. The topological polar surface area (TPSA) is 32.3 Å². The highest BCUT2D eigenvalue weighted by Gasteiger charge is 2.24.